The van der Waals surface area contributed by atoms with Crippen LogP contribution in [-0.4, -0.2) is 41.0 Å². The lowest BCUT2D eigenvalue weighted by Crippen LogP contribution is -2.34. The van der Waals surface area contributed by atoms with Crippen molar-refractivity contribution in [2.24, 2.45) is 0 Å². The van der Waals surface area contributed by atoms with E-state index in [0.717, 1.165) is 31.4 Å². The molecule has 1 aliphatic heterocycles. The Balaban J connectivity index is 1.58. The van der Waals surface area contributed by atoms with E-state index in [1.165, 1.54) is 37.6 Å². The number of ether oxygens (including phenoxy) is 1. The number of nitrogens with one attached hydrogen (secondary N) is 2. The third-order valence-electron chi connectivity index (χ3n) is 4.68. The second kappa shape index (κ2) is 9.44. The fraction of sp³-hybridized carbons (Fsp3) is 0.300. The molecular weight excluding hydrogens is 392 g/mol. The molecule has 3 rings (SSSR count). The predicted octanol–water partition coefficient (Wildman–Crippen LogP) is 3.33. The van der Waals surface area contributed by atoms with Crippen LogP contribution in [-0.2, 0) is 6.54 Å². The number of hydrogen-bond acceptors (Lipinski definition) is 6. The Kier molecular flexibility index (Phi) is 6.73. The van der Waals surface area contributed by atoms with Gasteiger partial charge in [0, 0.05) is 23.9 Å². The number of nitro benzene ring substituents is 1. The molecule has 0 unspecified atom stereocenters. The van der Waals surface area contributed by atoms with Crippen molar-refractivity contribution in [3.05, 3.63) is 63.7 Å². The number of benzene rings is 2. The summed E-state index contributed by atoms with van der Waals surface area (Å²) in [6.07, 6.45) is 2.51. The zero-order valence-corrected chi connectivity index (χ0v) is 16.8. The molecule has 2 aromatic rings. The molecule has 1 heterocycles. The van der Waals surface area contributed by atoms with Crippen LogP contribution in [0.25, 0.3) is 0 Å². The zero-order valence-electron chi connectivity index (χ0n) is 16.0. The van der Waals surface area contributed by atoms with Crippen LogP contribution in [0.1, 0.15) is 28.8 Å². The molecule has 0 bridgehead atoms. The van der Waals surface area contributed by atoms with E-state index in [2.05, 4.69) is 15.5 Å². The van der Waals surface area contributed by atoms with Gasteiger partial charge in [-0.05, 0) is 68.0 Å². The molecule has 152 valence electrons. The monoisotopic (exact) mass is 414 g/mol. The van der Waals surface area contributed by atoms with Crippen LogP contribution in [0.15, 0.2) is 42.5 Å². The van der Waals surface area contributed by atoms with Crippen molar-refractivity contribution in [1.29, 1.82) is 0 Å². The molecule has 8 nitrogen and oxygen atoms in total. The summed E-state index contributed by atoms with van der Waals surface area (Å²) in [6, 6.07) is 11.8. The quantitative estimate of drug-likeness (QED) is 0.425. The SMILES string of the molecule is COc1ccc(C(=O)NC(=S)Nc2ccc(CN3CCCC3)cc2)cc1[N+](=O)[O-]. The Labute approximate surface area is 174 Å². The summed E-state index contributed by atoms with van der Waals surface area (Å²) in [5.41, 5.74) is 1.80. The molecule has 0 saturated carbocycles. The smallest absolute Gasteiger partial charge is 0.311 e. The minimum absolute atomic E-state index is 0.0845. The Morgan fingerprint density at radius 2 is 1.90 bits per heavy atom. The van der Waals surface area contributed by atoms with E-state index in [9.17, 15) is 14.9 Å². The second-order valence-corrected chi connectivity index (χ2v) is 7.14. The number of nitrogens with zero attached hydrogens (tertiary/aromatic N) is 2. The summed E-state index contributed by atoms with van der Waals surface area (Å²) in [7, 11) is 1.33. The third-order valence-corrected chi connectivity index (χ3v) is 4.89. The Hall–Kier alpha value is -3.04. The summed E-state index contributed by atoms with van der Waals surface area (Å²) in [6.45, 7) is 3.21. The molecule has 1 aliphatic rings. The number of anilines is 1. The molecule has 2 aromatic carbocycles. The van der Waals surface area contributed by atoms with Gasteiger partial charge in [0.05, 0.1) is 12.0 Å². The van der Waals surface area contributed by atoms with Gasteiger partial charge >= 0.3 is 5.69 Å². The van der Waals surface area contributed by atoms with Gasteiger partial charge in [-0.3, -0.25) is 25.1 Å². The molecule has 0 radical (unpaired) electrons. The molecule has 2 N–H and O–H groups in total. The van der Waals surface area contributed by atoms with E-state index in [4.69, 9.17) is 17.0 Å². The molecule has 9 heteroatoms. The fourth-order valence-electron chi connectivity index (χ4n) is 3.20. The standard InChI is InChI=1S/C20H22N4O4S/c1-28-18-9-6-15(12-17(18)24(26)27)19(25)22-20(29)21-16-7-4-14(5-8-16)13-23-10-2-3-11-23/h4-9,12H,2-3,10-11,13H2,1H3,(H2,21,22,25,29). The van der Waals surface area contributed by atoms with Gasteiger partial charge in [-0.25, -0.2) is 0 Å². The Morgan fingerprint density at radius 1 is 1.21 bits per heavy atom. The average molecular weight is 414 g/mol. The van der Waals surface area contributed by atoms with Crippen LogP contribution in [0, 0.1) is 10.1 Å². The number of methoxy groups -OCH3 is 1. The van der Waals surface area contributed by atoms with Gasteiger partial charge < -0.3 is 10.1 Å². The van der Waals surface area contributed by atoms with Crippen molar-refractivity contribution < 1.29 is 14.5 Å². The van der Waals surface area contributed by atoms with E-state index in [1.54, 1.807) is 0 Å². The number of carbonyl (C=O) groups is 1. The Morgan fingerprint density at radius 3 is 2.52 bits per heavy atom. The van der Waals surface area contributed by atoms with Crippen molar-refractivity contribution in [3.8, 4) is 5.75 Å². The molecule has 1 fully saturated rings. The normalized spacial score (nSPS) is 13.7. The number of amides is 1. The van der Waals surface area contributed by atoms with Crippen LogP contribution < -0.4 is 15.4 Å². The summed E-state index contributed by atoms with van der Waals surface area (Å²) in [5, 5.41) is 16.7. The summed E-state index contributed by atoms with van der Waals surface area (Å²) < 4.78 is 4.94. The van der Waals surface area contributed by atoms with Gasteiger partial charge in [-0.2, -0.15) is 0 Å². The summed E-state index contributed by atoms with van der Waals surface area (Å²) >= 11 is 5.18. The maximum atomic E-state index is 12.4. The lowest BCUT2D eigenvalue weighted by Gasteiger charge is -2.15. The van der Waals surface area contributed by atoms with E-state index < -0.39 is 10.8 Å². The highest BCUT2D eigenvalue weighted by atomic mass is 32.1. The number of thiocarbonyl (C=S) groups is 1. The van der Waals surface area contributed by atoms with Crippen LogP contribution in [0.5, 0.6) is 5.75 Å². The van der Waals surface area contributed by atoms with Gasteiger partial charge in [0.2, 0.25) is 0 Å². The van der Waals surface area contributed by atoms with Crippen molar-refractivity contribution in [3.63, 3.8) is 0 Å². The van der Waals surface area contributed by atoms with Crippen LogP contribution in [0.4, 0.5) is 11.4 Å². The van der Waals surface area contributed by atoms with E-state index in [1.807, 2.05) is 24.3 Å². The summed E-state index contributed by atoms with van der Waals surface area (Å²) in [5.74, 6) is -0.458. The van der Waals surface area contributed by atoms with Crippen LogP contribution >= 0.6 is 12.2 Å². The first-order chi connectivity index (χ1) is 14.0. The maximum absolute atomic E-state index is 12.4. The van der Waals surface area contributed by atoms with Crippen LogP contribution in [0.2, 0.25) is 0 Å². The van der Waals surface area contributed by atoms with Gasteiger partial charge in [0.25, 0.3) is 5.91 Å². The van der Waals surface area contributed by atoms with Crippen molar-refractivity contribution in [2.45, 2.75) is 19.4 Å². The van der Waals surface area contributed by atoms with Crippen molar-refractivity contribution in [2.75, 3.05) is 25.5 Å². The highest BCUT2D eigenvalue weighted by Crippen LogP contribution is 2.27. The minimum Gasteiger partial charge on any atom is -0.490 e. The molecule has 0 aliphatic carbocycles. The molecule has 1 saturated heterocycles. The molecule has 0 atom stereocenters. The lowest BCUT2D eigenvalue weighted by molar-refractivity contribution is -0.385. The third kappa shape index (κ3) is 5.49. The molecular formula is C20H22N4O4S. The van der Waals surface area contributed by atoms with Crippen LogP contribution in [0.3, 0.4) is 0 Å². The van der Waals surface area contributed by atoms with Gasteiger partial charge in [-0.15, -0.1) is 0 Å². The largest absolute Gasteiger partial charge is 0.490 e. The zero-order chi connectivity index (χ0) is 20.8. The average Bonchev–Trinajstić information content (AvgIpc) is 3.21. The first-order valence-electron chi connectivity index (χ1n) is 9.22. The first kappa shape index (κ1) is 20.7. The molecule has 29 heavy (non-hydrogen) atoms. The van der Waals surface area contributed by atoms with Gasteiger partial charge in [-0.1, -0.05) is 12.1 Å². The second-order valence-electron chi connectivity index (χ2n) is 6.73. The van der Waals surface area contributed by atoms with Crippen molar-refractivity contribution in [1.82, 2.24) is 10.2 Å². The van der Waals surface area contributed by atoms with Gasteiger partial charge in [0.15, 0.2) is 10.9 Å². The highest BCUT2D eigenvalue weighted by Gasteiger charge is 2.18. The van der Waals surface area contributed by atoms with E-state index >= 15 is 0 Å². The van der Waals surface area contributed by atoms with Gasteiger partial charge in [0.1, 0.15) is 0 Å². The highest BCUT2D eigenvalue weighted by molar-refractivity contribution is 7.80. The lowest BCUT2D eigenvalue weighted by atomic mass is 10.1. The van der Waals surface area contributed by atoms with Crippen molar-refractivity contribution >= 4 is 34.6 Å². The number of likely N-dealkylation sites (tertiary alicyclic amines) is 1. The predicted molar refractivity (Wildman–Crippen MR) is 114 cm³/mol. The number of nitro groups is 1. The number of carbonyl (C=O) groups excluding carboxylic acids is 1. The molecule has 0 spiro atoms. The minimum atomic E-state index is -0.601. The number of hydrogen-bond donors (Lipinski definition) is 2. The fourth-order valence-corrected chi connectivity index (χ4v) is 3.41. The van der Waals surface area contributed by atoms with E-state index in [0.29, 0.717) is 0 Å². The summed E-state index contributed by atoms with van der Waals surface area (Å²) in [4.78, 5) is 25.3. The first-order valence-corrected chi connectivity index (χ1v) is 9.63. The number of rotatable bonds is 6. The molecule has 0 aromatic heterocycles. The molecule has 1 amide bonds. The maximum Gasteiger partial charge on any atom is 0.311 e. The Bertz CT molecular complexity index is 911. The van der Waals surface area contributed by atoms with E-state index in [-0.39, 0.29) is 22.1 Å². The topological polar surface area (TPSA) is 96.7 Å².